The fourth-order valence-corrected chi connectivity index (χ4v) is 4.85. The molecule has 2 atom stereocenters. The van der Waals surface area contributed by atoms with Gasteiger partial charge < -0.3 is 23.8 Å². The van der Waals surface area contributed by atoms with Crippen LogP contribution in [0.4, 0.5) is 8.78 Å². The zero-order chi connectivity index (χ0) is 23.1. The molecule has 1 saturated carbocycles. The number of alkyl halides is 2. The van der Waals surface area contributed by atoms with Crippen molar-refractivity contribution >= 4 is 5.91 Å². The zero-order valence-corrected chi connectivity index (χ0v) is 18.3. The molecule has 5 rings (SSSR count). The van der Waals surface area contributed by atoms with Gasteiger partial charge in [0.25, 0.3) is 5.91 Å². The number of piperidine rings is 1. The van der Waals surface area contributed by atoms with Crippen LogP contribution in [-0.2, 0) is 15.1 Å². The van der Waals surface area contributed by atoms with Gasteiger partial charge in [-0.25, -0.2) is 8.78 Å². The van der Waals surface area contributed by atoms with E-state index in [-0.39, 0.29) is 44.2 Å². The first kappa shape index (κ1) is 22.0. The number of hydrogen-bond donors (Lipinski definition) is 0. The number of ether oxygens (including phenoxy) is 4. The molecule has 3 heterocycles. The highest BCUT2D eigenvalue weighted by Crippen LogP contribution is 2.43. The van der Waals surface area contributed by atoms with E-state index < -0.39 is 11.5 Å². The van der Waals surface area contributed by atoms with Crippen molar-refractivity contribution in [3.05, 3.63) is 53.9 Å². The van der Waals surface area contributed by atoms with E-state index in [9.17, 15) is 13.6 Å². The molecule has 3 fully saturated rings. The van der Waals surface area contributed by atoms with E-state index in [0.717, 1.165) is 5.69 Å². The van der Waals surface area contributed by atoms with Crippen molar-refractivity contribution in [2.45, 2.75) is 36.9 Å². The highest BCUT2D eigenvalue weighted by molar-refractivity contribution is 5.95. The molecule has 3 aliphatic rings. The van der Waals surface area contributed by atoms with E-state index in [1.807, 2.05) is 18.2 Å². The van der Waals surface area contributed by atoms with E-state index in [1.54, 1.807) is 29.3 Å². The Morgan fingerprint density at radius 1 is 1.24 bits per heavy atom. The summed E-state index contributed by atoms with van der Waals surface area (Å²) in [4.78, 5) is 19.4. The molecule has 1 amide bonds. The number of pyridine rings is 1. The monoisotopic (exact) mass is 460 g/mol. The third-order valence-corrected chi connectivity index (χ3v) is 6.69. The van der Waals surface area contributed by atoms with Gasteiger partial charge in [-0.1, -0.05) is 6.07 Å². The van der Waals surface area contributed by atoms with E-state index in [0.29, 0.717) is 36.6 Å². The Morgan fingerprint density at radius 2 is 2.09 bits per heavy atom. The van der Waals surface area contributed by atoms with Crippen LogP contribution in [0.3, 0.4) is 0 Å². The number of aromatic nitrogens is 1. The van der Waals surface area contributed by atoms with Gasteiger partial charge >= 0.3 is 0 Å². The standard InChI is InChI=1S/C24H26F2N2O5/c1-30-19-10-17(5-6-18(19)31-14-16-11-23(25,26)12-16)22(29)28-9-7-24(20-4-2-3-8-27-20)21(13-28)32-15-33-24/h2-6,8,10,16,21H,7,9,11-15H2,1H3/t21?,24-/m1/s1. The minimum absolute atomic E-state index is 0.149. The number of halogens is 2. The topological polar surface area (TPSA) is 70.1 Å². The Bertz CT molecular complexity index is 1010. The van der Waals surface area contributed by atoms with Crippen molar-refractivity contribution in [1.82, 2.24) is 9.88 Å². The predicted octanol–water partition coefficient (Wildman–Crippen LogP) is 3.63. The van der Waals surface area contributed by atoms with Crippen LogP contribution in [0.1, 0.15) is 35.3 Å². The van der Waals surface area contributed by atoms with Gasteiger partial charge in [-0.2, -0.15) is 0 Å². The average Bonchev–Trinajstić information content (AvgIpc) is 3.25. The van der Waals surface area contributed by atoms with Crippen LogP contribution in [0.25, 0.3) is 0 Å². The summed E-state index contributed by atoms with van der Waals surface area (Å²) in [6.07, 6.45) is 1.68. The largest absolute Gasteiger partial charge is 0.493 e. The van der Waals surface area contributed by atoms with Crippen molar-refractivity contribution in [1.29, 1.82) is 0 Å². The summed E-state index contributed by atoms with van der Waals surface area (Å²) in [5.41, 5.74) is 0.622. The molecule has 2 saturated heterocycles. The molecule has 1 aromatic heterocycles. The maximum atomic E-state index is 13.2. The lowest BCUT2D eigenvalue weighted by Gasteiger charge is -2.41. The van der Waals surface area contributed by atoms with Crippen LogP contribution in [0.2, 0.25) is 0 Å². The second kappa shape index (κ2) is 8.53. The lowest BCUT2D eigenvalue weighted by Crippen LogP contribution is -2.53. The number of carbonyl (C=O) groups excluding carboxylic acids is 1. The number of carbonyl (C=O) groups is 1. The summed E-state index contributed by atoms with van der Waals surface area (Å²) in [5, 5.41) is 0. The van der Waals surface area contributed by atoms with E-state index in [4.69, 9.17) is 18.9 Å². The third-order valence-electron chi connectivity index (χ3n) is 6.69. The van der Waals surface area contributed by atoms with Crippen molar-refractivity contribution < 1.29 is 32.5 Å². The SMILES string of the molecule is COc1cc(C(=O)N2CC[C@]3(c4ccccn4)OCOC3C2)ccc1OCC1CC(F)(F)C1. The lowest BCUT2D eigenvalue weighted by molar-refractivity contribution is -0.119. The Labute approximate surface area is 190 Å². The molecule has 0 bridgehead atoms. The highest BCUT2D eigenvalue weighted by Gasteiger charge is 2.52. The fourth-order valence-electron chi connectivity index (χ4n) is 4.85. The molecule has 1 unspecified atom stereocenters. The summed E-state index contributed by atoms with van der Waals surface area (Å²) in [7, 11) is 1.49. The van der Waals surface area contributed by atoms with E-state index in [1.165, 1.54) is 7.11 Å². The van der Waals surface area contributed by atoms with Gasteiger partial charge in [-0.15, -0.1) is 0 Å². The number of benzene rings is 1. The molecule has 1 aromatic carbocycles. The quantitative estimate of drug-likeness (QED) is 0.656. The second-order valence-corrected chi connectivity index (χ2v) is 8.83. The summed E-state index contributed by atoms with van der Waals surface area (Å²) in [5.74, 6) is -2.07. The Kier molecular flexibility index (Phi) is 5.70. The smallest absolute Gasteiger partial charge is 0.254 e. The first-order valence-corrected chi connectivity index (χ1v) is 11.1. The second-order valence-electron chi connectivity index (χ2n) is 8.83. The minimum Gasteiger partial charge on any atom is -0.493 e. The number of methoxy groups -OCH3 is 1. The summed E-state index contributed by atoms with van der Waals surface area (Å²) in [6, 6.07) is 10.6. The molecule has 7 nitrogen and oxygen atoms in total. The third kappa shape index (κ3) is 4.15. The molecule has 9 heteroatoms. The number of likely N-dealkylation sites (tertiary alicyclic amines) is 1. The maximum absolute atomic E-state index is 13.2. The van der Waals surface area contributed by atoms with Crippen LogP contribution >= 0.6 is 0 Å². The fraction of sp³-hybridized carbons (Fsp3) is 0.500. The van der Waals surface area contributed by atoms with Gasteiger partial charge in [-0.3, -0.25) is 9.78 Å². The lowest BCUT2D eigenvalue weighted by atomic mass is 9.82. The summed E-state index contributed by atoms with van der Waals surface area (Å²) in [6.45, 7) is 1.23. The molecule has 2 aliphatic heterocycles. The Hall–Kier alpha value is -2.78. The minimum atomic E-state index is -2.58. The molecule has 0 spiro atoms. The van der Waals surface area contributed by atoms with E-state index in [2.05, 4.69) is 4.98 Å². The number of nitrogens with zero attached hydrogens (tertiary/aromatic N) is 2. The predicted molar refractivity (Wildman–Crippen MR) is 113 cm³/mol. The van der Waals surface area contributed by atoms with Gasteiger partial charge in [0.2, 0.25) is 5.92 Å². The first-order chi connectivity index (χ1) is 15.9. The summed E-state index contributed by atoms with van der Waals surface area (Å²) < 4.78 is 49.0. The van der Waals surface area contributed by atoms with Gasteiger partial charge in [0.15, 0.2) is 11.5 Å². The number of hydrogen-bond acceptors (Lipinski definition) is 6. The van der Waals surface area contributed by atoms with Crippen LogP contribution in [0, 0.1) is 5.92 Å². The van der Waals surface area contributed by atoms with Crippen LogP contribution in [0.15, 0.2) is 42.6 Å². The van der Waals surface area contributed by atoms with Crippen LogP contribution < -0.4 is 9.47 Å². The van der Waals surface area contributed by atoms with Crippen molar-refractivity contribution in [3.8, 4) is 11.5 Å². The van der Waals surface area contributed by atoms with Crippen molar-refractivity contribution in [2.24, 2.45) is 5.92 Å². The zero-order valence-electron chi connectivity index (χ0n) is 18.3. The van der Waals surface area contributed by atoms with Gasteiger partial charge in [-0.05, 0) is 30.3 Å². The summed E-state index contributed by atoms with van der Waals surface area (Å²) >= 11 is 0. The van der Waals surface area contributed by atoms with Crippen LogP contribution in [-0.4, -0.2) is 61.4 Å². The maximum Gasteiger partial charge on any atom is 0.254 e. The Balaban J connectivity index is 1.26. The molecule has 0 radical (unpaired) electrons. The van der Waals surface area contributed by atoms with Crippen LogP contribution in [0.5, 0.6) is 11.5 Å². The normalized spacial score (nSPS) is 26.4. The number of rotatable bonds is 6. The molecule has 0 N–H and O–H groups in total. The molecule has 176 valence electrons. The first-order valence-electron chi connectivity index (χ1n) is 11.1. The molecular formula is C24H26F2N2O5. The van der Waals surface area contributed by atoms with Gasteiger partial charge in [0.1, 0.15) is 18.5 Å². The molecular weight excluding hydrogens is 434 g/mol. The highest BCUT2D eigenvalue weighted by atomic mass is 19.3. The van der Waals surface area contributed by atoms with Gasteiger partial charge in [0.05, 0.1) is 26.0 Å². The van der Waals surface area contributed by atoms with Crippen molar-refractivity contribution in [3.63, 3.8) is 0 Å². The molecule has 2 aromatic rings. The van der Waals surface area contributed by atoms with Crippen molar-refractivity contribution in [2.75, 3.05) is 33.6 Å². The molecule has 1 aliphatic carbocycles. The average molecular weight is 460 g/mol. The number of fused-ring (bicyclic) bond motifs is 1. The molecule has 33 heavy (non-hydrogen) atoms. The van der Waals surface area contributed by atoms with Gasteiger partial charge in [0, 0.05) is 43.5 Å². The Morgan fingerprint density at radius 3 is 2.82 bits per heavy atom. The number of amides is 1. The van der Waals surface area contributed by atoms with E-state index >= 15 is 0 Å².